The summed E-state index contributed by atoms with van der Waals surface area (Å²) in [7, 11) is 0. The molecule has 0 unspecified atom stereocenters. The van der Waals surface area contributed by atoms with Gasteiger partial charge in [0, 0.05) is 19.6 Å². The van der Waals surface area contributed by atoms with Crippen molar-refractivity contribution in [3.05, 3.63) is 0 Å². The molecule has 268 valence electrons. The van der Waals surface area contributed by atoms with Gasteiger partial charge in [0.2, 0.25) is 5.91 Å². The van der Waals surface area contributed by atoms with Crippen molar-refractivity contribution in [3.63, 3.8) is 0 Å². The Labute approximate surface area is 269 Å². The number of carbonyl (C=O) groups excluding carboxylic acids is 3. The summed E-state index contributed by atoms with van der Waals surface area (Å²) in [5.74, 6) is -2.71. The van der Waals surface area contributed by atoms with E-state index >= 15 is 0 Å². The summed E-state index contributed by atoms with van der Waals surface area (Å²) >= 11 is 0. The summed E-state index contributed by atoms with van der Waals surface area (Å²) in [6, 6.07) is -0.119. The van der Waals surface area contributed by atoms with Gasteiger partial charge in [0.05, 0.1) is 6.54 Å². The number of carbonyl (C=O) groups is 3. The number of alkyl halides is 3. The lowest BCUT2D eigenvalue weighted by Gasteiger charge is -2.23. The summed E-state index contributed by atoms with van der Waals surface area (Å²) in [5, 5.41) is 19.8. The van der Waals surface area contributed by atoms with Gasteiger partial charge in [-0.15, -0.1) is 0 Å². The molecule has 0 radical (unpaired) electrons. The Bertz CT molecular complexity index is 705. The van der Waals surface area contributed by atoms with Gasteiger partial charge < -0.3 is 31.9 Å². The highest BCUT2D eigenvalue weighted by Crippen LogP contribution is 2.15. The fourth-order valence-electron chi connectivity index (χ4n) is 4.28. The van der Waals surface area contributed by atoms with Gasteiger partial charge in [-0.25, -0.2) is 9.59 Å². The zero-order valence-electron chi connectivity index (χ0n) is 27.9. The molecular formula is C31H63F3N6O5. The number of nitrogens with zero attached hydrogens (tertiary/aromatic N) is 1. The topological polar surface area (TPSA) is 158 Å². The lowest BCUT2D eigenvalue weighted by molar-refractivity contribution is -0.272. The molecule has 0 rings (SSSR count). The van der Waals surface area contributed by atoms with Crippen LogP contribution in [0.4, 0.5) is 18.0 Å². The number of amides is 3. The fourth-order valence-corrected chi connectivity index (χ4v) is 4.28. The maximum Gasteiger partial charge on any atom is 0.494 e. The average Bonchev–Trinajstić information content (AvgIpc) is 3.02. The quantitative estimate of drug-likeness (QED) is 0.0386. The second kappa shape index (κ2) is 33.2. The van der Waals surface area contributed by atoms with Crippen molar-refractivity contribution < 1.29 is 37.7 Å². The third-order valence-corrected chi connectivity index (χ3v) is 6.93. The second-order valence-corrected chi connectivity index (χ2v) is 11.1. The molecule has 14 heteroatoms. The summed E-state index contributed by atoms with van der Waals surface area (Å²) < 4.78 is 32.4. The third kappa shape index (κ3) is 33.0. The molecule has 45 heavy (non-hydrogen) atoms. The standard InChI is InChI=1S/C29H62N6O2.C2HF3O3/c1-3-5-7-9-11-13-24-33-28(36)27-34-29(37)35(25-16-12-10-8-6-4-2)26-18-23-32-21-15-14-20-31-22-17-19-30;3-2(4,5)1(6)8-7/h31-32H,3-27,30H2,1-2H3,(H,33,36)(H,34,37);7H. The maximum absolute atomic E-state index is 12.8. The molecule has 0 fully saturated rings. The number of unbranched alkanes of at least 4 members (excludes halogenated alkanes) is 11. The van der Waals surface area contributed by atoms with Crippen molar-refractivity contribution in [2.24, 2.45) is 5.73 Å². The van der Waals surface area contributed by atoms with E-state index in [1.165, 1.54) is 51.4 Å². The molecule has 0 aliphatic carbocycles. The molecule has 0 aromatic carbocycles. The molecule has 0 atom stereocenters. The molecule has 0 saturated carbocycles. The Morgan fingerprint density at radius 2 is 1.13 bits per heavy atom. The van der Waals surface area contributed by atoms with Crippen LogP contribution in [0.15, 0.2) is 0 Å². The third-order valence-electron chi connectivity index (χ3n) is 6.93. The molecule has 11 nitrogen and oxygen atoms in total. The van der Waals surface area contributed by atoms with Gasteiger partial charge >= 0.3 is 18.2 Å². The monoisotopic (exact) mass is 656 g/mol. The van der Waals surface area contributed by atoms with E-state index in [9.17, 15) is 27.6 Å². The lowest BCUT2D eigenvalue weighted by Crippen LogP contribution is -2.45. The van der Waals surface area contributed by atoms with E-state index in [1.807, 2.05) is 4.90 Å². The van der Waals surface area contributed by atoms with Gasteiger partial charge in [-0.3, -0.25) is 9.68 Å². The summed E-state index contributed by atoms with van der Waals surface area (Å²) in [5.41, 5.74) is 5.50. The highest BCUT2D eigenvalue weighted by atomic mass is 19.4. The number of halogens is 3. The van der Waals surface area contributed by atoms with Crippen molar-refractivity contribution in [2.75, 3.05) is 58.9 Å². The Balaban J connectivity index is 0. The normalized spacial score (nSPS) is 11.0. The molecule has 0 aromatic rings. The predicted octanol–water partition coefficient (Wildman–Crippen LogP) is 5.10. The first-order chi connectivity index (χ1) is 21.6. The smallest absolute Gasteiger partial charge is 0.355 e. The number of urea groups is 1. The minimum absolute atomic E-state index is 0.0548. The van der Waals surface area contributed by atoms with Crippen LogP contribution in [-0.4, -0.2) is 93.1 Å². The molecule has 0 saturated heterocycles. The highest BCUT2D eigenvalue weighted by Gasteiger charge is 2.41. The molecule has 7 N–H and O–H groups in total. The summed E-state index contributed by atoms with van der Waals surface area (Å²) in [6.45, 7) is 11.4. The molecular weight excluding hydrogens is 593 g/mol. The van der Waals surface area contributed by atoms with Crippen LogP contribution < -0.4 is 27.0 Å². The van der Waals surface area contributed by atoms with Crippen LogP contribution in [-0.2, 0) is 14.5 Å². The first kappa shape index (κ1) is 45.0. The number of hydrogen-bond acceptors (Lipinski definition) is 8. The van der Waals surface area contributed by atoms with Crippen molar-refractivity contribution >= 4 is 17.9 Å². The maximum atomic E-state index is 12.8. The van der Waals surface area contributed by atoms with E-state index in [0.29, 0.717) is 13.1 Å². The Kier molecular flexibility index (Phi) is 33.2. The molecule has 0 aliphatic rings. The van der Waals surface area contributed by atoms with Gasteiger partial charge in [0.25, 0.3) is 0 Å². The zero-order valence-corrected chi connectivity index (χ0v) is 27.9. The Morgan fingerprint density at radius 1 is 0.667 bits per heavy atom. The first-order valence-corrected chi connectivity index (χ1v) is 17.0. The van der Waals surface area contributed by atoms with Gasteiger partial charge in [-0.05, 0) is 71.2 Å². The van der Waals surface area contributed by atoms with Gasteiger partial charge in [-0.1, -0.05) is 78.1 Å². The number of nitrogens with one attached hydrogen (secondary N) is 4. The van der Waals surface area contributed by atoms with Crippen LogP contribution in [0.5, 0.6) is 0 Å². The molecule has 0 spiro atoms. The first-order valence-electron chi connectivity index (χ1n) is 17.0. The minimum atomic E-state index is -5.10. The largest absolute Gasteiger partial charge is 0.494 e. The molecule has 0 heterocycles. The van der Waals surface area contributed by atoms with Crippen molar-refractivity contribution in [3.8, 4) is 0 Å². The van der Waals surface area contributed by atoms with Gasteiger partial charge in [0.1, 0.15) is 0 Å². The van der Waals surface area contributed by atoms with E-state index in [-0.39, 0.29) is 18.5 Å². The van der Waals surface area contributed by atoms with Crippen LogP contribution in [0, 0.1) is 0 Å². The van der Waals surface area contributed by atoms with Crippen LogP contribution in [0.2, 0.25) is 0 Å². The SMILES string of the molecule is CCCCCCCCNC(=O)CNC(=O)N(CCCCCCCC)CCCNCCCCNCCCN.O=C(OO)C(F)(F)F. The van der Waals surface area contributed by atoms with Crippen LogP contribution in [0.1, 0.15) is 117 Å². The van der Waals surface area contributed by atoms with Gasteiger partial charge in [0.15, 0.2) is 0 Å². The summed E-state index contributed by atoms with van der Waals surface area (Å²) in [6.07, 6.45) is 13.6. The van der Waals surface area contributed by atoms with E-state index in [2.05, 4.69) is 40.0 Å². The van der Waals surface area contributed by atoms with Crippen LogP contribution >= 0.6 is 0 Å². The Hall–Kier alpha value is -2.16. The lowest BCUT2D eigenvalue weighted by atomic mass is 10.1. The molecule has 0 aromatic heterocycles. The van der Waals surface area contributed by atoms with E-state index in [4.69, 9.17) is 11.0 Å². The molecule has 3 amide bonds. The number of nitrogens with two attached hydrogens (primary N) is 1. The highest BCUT2D eigenvalue weighted by molar-refractivity contribution is 5.83. The van der Waals surface area contributed by atoms with E-state index in [0.717, 1.165) is 90.6 Å². The zero-order chi connectivity index (χ0) is 34.0. The van der Waals surface area contributed by atoms with Gasteiger partial charge in [-0.2, -0.15) is 18.4 Å². The fraction of sp³-hybridized carbons (Fsp3) is 0.903. The van der Waals surface area contributed by atoms with E-state index in [1.54, 1.807) is 0 Å². The van der Waals surface area contributed by atoms with Crippen LogP contribution in [0.25, 0.3) is 0 Å². The molecule has 0 aliphatic heterocycles. The number of rotatable bonds is 28. The Morgan fingerprint density at radius 3 is 1.64 bits per heavy atom. The molecule has 0 bridgehead atoms. The van der Waals surface area contributed by atoms with E-state index < -0.39 is 12.1 Å². The van der Waals surface area contributed by atoms with Crippen molar-refractivity contribution in [2.45, 2.75) is 123 Å². The minimum Gasteiger partial charge on any atom is -0.355 e. The van der Waals surface area contributed by atoms with Crippen LogP contribution in [0.3, 0.4) is 0 Å². The van der Waals surface area contributed by atoms with Crippen molar-refractivity contribution in [1.29, 1.82) is 0 Å². The predicted molar refractivity (Wildman–Crippen MR) is 173 cm³/mol. The second-order valence-electron chi connectivity index (χ2n) is 11.1. The average molecular weight is 657 g/mol. The summed E-state index contributed by atoms with van der Waals surface area (Å²) in [4.78, 5) is 38.4. The number of hydrogen-bond donors (Lipinski definition) is 6. The van der Waals surface area contributed by atoms with Crippen molar-refractivity contribution in [1.82, 2.24) is 26.2 Å².